The van der Waals surface area contributed by atoms with Crippen molar-refractivity contribution in [2.24, 2.45) is 5.92 Å². The van der Waals surface area contributed by atoms with Crippen LogP contribution in [0, 0.1) is 5.92 Å². The highest BCUT2D eigenvalue weighted by Gasteiger charge is 2.27. The molecular weight excluding hydrogens is 418 g/mol. The van der Waals surface area contributed by atoms with Crippen LogP contribution in [0.15, 0.2) is 79.0 Å². The highest BCUT2D eigenvalue weighted by molar-refractivity contribution is 6.30. The van der Waals surface area contributed by atoms with Crippen molar-refractivity contribution >= 4 is 17.5 Å². The molecule has 1 saturated heterocycles. The van der Waals surface area contributed by atoms with Gasteiger partial charge in [0.1, 0.15) is 0 Å². The summed E-state index contributed by atoms with van der Waals surface area (Å²) < 4.78 is 0. The van der Waals surface area contributed by atoms with Gasteiger partial charge >= 0.3 is 0 Å². The number of nitrogens with one attached hydrogen (secondary N) is 1. The molecule has 0 saturated carbocycles. The summed E-state index contributed by atoms with van der Waals surface area (Å²) in [7, 11) is 0. The van der Waals surface area contributed by atoms with Gasteiger partial charge in [-0.3, -0.25) is 9.78 Å². The summed E-state index contributed by atoms with van der Waals surface area (Å²) in [6, 6.07) is 23.8. The summed E-state index contributed by atoms with van der Waals surface area (Å²) in [6.45, 7) is 3.04. The summed E-state index contributed by atoms with van der Waals surface area (Å²) in [5.41, 5.74) is 3.21. The molecule has 0 spiro atoms. The van der Waals surface area contributed by atoms with Crippen LogP contribution in [0.3, 0.4) is 0 Å². The molecule has 4 nitrogen and oxygen atoms in total. The van der Waals surface area contributed by atoms with Gasteiger partial charge in [-0.1, -0.05) is 60.1 Å². The predicted molar refractivity (Wildman–Crippen MR) is 130 cm³/mol. The SMILES string of the molecule is O=C(N[C@@H](c1ccc(Cl)cc1)c1ccccn1)C1CCN(CCCc2ccccc2)CC1. The maximum atomic E-state index is 13.1. The number of hydrogen-bond acceptors (Lipinski definition) is 3. The van der Waals surface area contributed by atoms with Crippen LogP contribution in [-0.4, -0.2) is 35.4 Å². The minimum absolute atomic E-state index is 0.0406. The van der Waals surface area contributed by atoms with Gasteiger partial charge in [-0.25, -0.2) is 0 Å². The van der Waals surface area contributed by atoms with Crippen molar-refractivity contribution in [2.45, 2.75) is 31.7 Å². The molecule has 1 atom stereocenters. The normalized spacial score (nSPS) is 15.9. The maximum Gasteiger partial charge on any atom is 0.224 e. The number of likely N-dealkylation sites (tertiary alicyclic amines) is 1. The summed E-state index contributed by atoms with van der Waals surface area (Å²) in [5, 5.41) is 3.94. The zero-order valence-electron chi connectivity index (χ0n) is 18.3. The molecule has 2 heterocycles. The molecule has 32 heavy (non-hydrogen) atoms. The first-order valence-electron chi connectivity index (χ1n) is 11.4. The topological polar surface area (TPSA) is 45.2 Å². The van der Waals surface area contributed by atoms with Crippen LogP contribution in [0.25, 0.3) is 0 Å². The van der Waals surface area contributed by atoms with E-state index in [1.807, 2.05) is 42.5 Å². The molecule has 2 aromatic carbocycles. The second kappa shape index (κ2) is 11.3. The monoisotopic (exact) mass is 447 g/mol. The molecular formula is C27H30ClN3O. The molecule has 1 aliphatic heterocycles. The van der Waals surface area contributed by atoms with Crippen molar-refractivity contribution < 1.29 is 4.79 Å². The summed E-state index contributed by atoms with van der Waals surface area (Å²) in [6.07, 6.45) is 5.81. The van der Waals surface area contributed by atoms with E-state index >= 15 is 0 Å². The third kappa shape index (κ3) is 6.18. The molecule has 1 aromatic heterocycles. The molecule has 0 radical (unpaired) electrons. The lowest BCUT2D eigenvalue weighted by Crippen LogP contribution is -2.42. The Morgan fingerprint density at radius 2 is 1.72 bits per heavy atom. The lowest BCUT2D eigenvalue weighted by molar-refractivity contribution is -0.127. The van der Waals surface area contributed by atoms with Gasteiger partial charge in [0.15, 0.2) is 0 Å². The van der Waals surface area contributed by atoms with Crippen molar-refractivity contribution in [3.05, 3.63) is 101 Å². The number of piperidine rings is 1. The molecule has 5 heteroatoms. The zero-order valence-corrected chi connectivity index (χ0v) is 19.0. The Balaban J connectivity index is 1.31. The largest absolute Gasteiger partial charge is 0.343 e. The molecule has 1 aliphatic rings. The van der Waals surface area contributed by atoms with E-state index < -0.39 is 0 Å². The second-order valence-electron chi connectivity index (χ2n) is 8.45. The van der Waals surface area contributed by atoms with E-state index in [9.17, 15) is 4.79 Å². The molecule has 0 unspecified atom stereocenters. The van der Waals surface area contributed by atoms with Gasteiger partial charge in [0.2, 0.25) is 5.91 Å². The predicted octanol–water partition coefficient (Wildman–Crippen LogP) is 5.29. The molecule has 0 aliphatic carbocycles. The first-order chi connectivity index (χ1) is 15.7. The van der Waals surface area contributed by atoms with Gasteiger partial charge in [0, 0.05) is 17.1 Å². The Morgan fingerprint density at radius 1 is 1.00 bits per heavy atom. The number of carbonyl (C=O) groups excluding carboxylic acids is 1. The van der Waals surface area contributed by atoms with Gasteiger partial charge in [0.05, 0.1) is 11.7 Å². The fourth-order valence-electron chi connectivity index (χ4n) is 4.36. The number of carbonyl (C=O) groups is 1. The third-order valence-corrected chi connectivity index (χ3v) is 6.47. The van der Waals surface area contributed by atoms with E-state index in [0.29, 0.717) is 5.02 Å². The van der Waals surface area contributed by atoms with Gasteiger partial charge in [-0.05, 0) is 80.7 Å². The first kappa shape index (κ1) is 22.5. The second-order valence-corrected chi connectivity index (χ2v) is 8.89. The minimum atomic E-state index is -0.273. The van der Waals surface area contributed by atoms with Gasteiger partial charge < -0.3 is 10.2 Å². The van der Waals surface area contributed by atoms with Crippen molar-refractivity contribution in [3.8, 4) is 0 Å². The van der Waals surface area contributed by atoms with Gasteiger partial charge in [-0.15, -0.1) is 0 Å². The number of nitrogens with zero attached hydrogens (tertiary/aromatic N) is 2. The number of benzene rings is 2. The standard InChI is InChI=1S/C27H30ClN3O/c28-24-13-11-22(12-14-24)26(25-10-4-5-17-29-25)30-27(32)23-15-19-31(20-16-23)18-6-9-21-7-2-1-3-8-21/h1-5,7-8,10-14,17,23,26H,6,9,15-16,18-20H2,(H,30,32)/t26-/m0/s1. The maximum absolute atomic E-state index is 13.1. The molecule has 1 N–H and O–H groups in total. The summed E-state index contributed by atoms with van der Waals surface area (Å²) in [5.74, 6) is 0.151. The summed E-state index contributed by atoms with van der Waals surface area (Å²) >= 11 is 6.07. The Morgan fingerprint density at radius 3 is 2.41 bits per heavy atom. The number of hydrogen-bond donors (Lipinski definition) is 1. The van der Waals surface area contributed by atoms with Crippen LogP contribution < -0.4 is 5.32 Å². The van der Waals surface area contributed by atoms with Crippen LogP contribution in [0.1, 0.15) is 42.1 Å². The molecule has 3 aromatic rings. The lowest BCUT2D eigenvalue weighted by Gasteiger charge is -2.32. The quantitative estimate of drug-likeness (QED) is 0.510. The van der Waals surface area contributed by atoms with E-state index in [4.69, 9.17) is 11.6 Å². The van der Waals surface area contributed by atoms with E-state index in [1.54, 1.807) is 6.20 Å². The van der Waals surface area contributed by atoms with Crippen molar-refractivity contribution in [2.75, 3.05) is 19.6 Å². The number of amides is 1. The van der Waals surface area contributed by atoms with E-state index in [2.05, 4.69) is 45.5 Å². The van der Waals surface area contributed by atoms with Gasteiger partial charge in [0.25, 0.3) is 0 Å². The Labute approximate surface area is 195 Å². The smallest absolute Gasteiger partial charge is 0.224 e. The molecule has 0 bridgehead atoms. The van der Waals surface area contributed by atoms with Crippen LogP contribution >= 0.6 is 11.6 Å². The Bertz CT molecular complexity index is 971. The summed E-state index contributed by atoms with van der Waals surface area (Å²) in [4.78, 5) is 20.1. The molecule has 4 rings (SSSR count). The number of pyridine rings is 1. The molecule has 1 amide bonds. The van der Waals surface area contributed by atoms with E-state index in [0.717, 1.165) is 56.6 Å². The van der Waals surface area contributed by atoms with Crippen LogP contribution in [0.5, 0.6) is 0 Å². The van der Waals surface area contributed by atoms with E-state index in [1.165, 1.54) is 5.56 Å². The molecule has 1 fully saturated rings. The van der Waals surface area contributed by atoms with Crippen LogP contribution in [0.2, 0.25) is 5.02 Å². The average molecular weight is 448 g/mol. The number of aromatic nitrogens is 1. The number of rotatable bonds is 8. The van der Waals surface area contributed by atoms with Crippen molar-refractivity contribution in [1.82, 2.24) is 15.2 Å². The highest BCUT2D eigenvalue weighted by Crippen LogP contribution is 2.25. The van der Waals surface area contributed by atoms with Crippen molar-refractivity contribution in [1.29, 1.82) is 0 Å². The fourth-order valence-corrected chi connectivity index (χ4v) is 4.49. The zero-order chi connectivity index (χ0) is 22.2. The van der Waals surface area contributed by atoms with Crippen LogP contribution in [0.4, 0.5) is 0 Å². The van der Waals surface area contributed by atoms with Gasteiger partial charge in [-0.2, -0.15) is 0 Å². The van der Waals surface area contributed by atoms with E-state index in [-0.39, 0.29) is 17.9 Å². The number of halogens is 1. The first-order valence-corrected chi connectivity index (χ1v) is 11.8. The fraction of sp³-hybridized carbons (Fsp3) is 0.333. The number of aryl methyl sites for hydroxylation is 1. The lowest BCUT2D eigenvalue weighted by atomic mass is 9.94. The average Bonchev–Trinajstić information content (AvgIpc) is 2.85. The molecule has 166 valence electrons. The Hall–Kier alpha value is -2.69. The Kier molecular flexibility index (Phi) is 7.92. The third-order valence-electron chi connectivity index (χ3n) is 6.21. The van der Waals surface area contributed by atoms with Crippen molar-refractivity contribution in [3.63, 3.8) is 0 Å². The minimum Gasteiger partial charge on any atom is -0.343 e. The highest BCUT2D eigenvalue weighted by atomic mass is 35.5. The van der Waals surface area contributed by atoms with Crippen LogP contribution in [-0.2, 0) is 11.2 Å².